The van der Waals surface area contributed by atoms with E-state index in [1.165, 1.54) is 6.08 Å². The van der Waals surface area contributed by atoms with Crippen molar-refractivity contribution in [3.63, 3.8) is 0 Å². The molecule has 0 fully saturated rings. The first kappa shape index (κ1) is 20.7. The van der Waals surface area contributed by atoms with E-state index in [9.17, 15) is 10.1 Å². The first-order chi connectivity index (χ1) is 14.0. The van der Waals surface area contributed by atoms with Gasteiger partial charge < -0.3 is 10.1 Å². The van der Waals surface area contributed by atoms with Gasteiger partial charge in [-0.2, -0.15) is 5.26 Å². The van der Waals surface area contributed by atoms with Crippen LogP contribution < -0.4 is 10.1 Å². The second-order valence-corrected chi connectivity index (χ2v) is 7.47. The van der Waals surface area contributed by atoms with E-state index in [0.29, 0.717) is 28.6 Å². The van der Waals surface area contributed by atoms with Crippen LogP contribution in [0.15, 0.2) is 82.8 Å². The van der Waals surface area contributed by atoms with E-state index in [1.807, 2.05) is 42.5 Å². The molecule has 0 saturated carbocycles. The summed E-state index contributed by atoms with van der Waals surface area (Å²) in [6, 6.07) is 23.7. The molecule has 6 heteroatoms. The van der Waals surface area contributed by atoms with Crippen LogP contribution >= 0.6 is 27.5 Å². The molecule has 0 heterocycles. The number of nitrogens with one attached hydrogen (secondary N) is 1. The summed E-state index contributed by atoms with van der Waals surface area (Å²) < 4.78 is 6.82. The molecule has 4 nitrogen and oxygen atoms in total. The SMILES string of the molecule is N#C/C(=C\c1cccc(OCc2ccc(Br)cc2)c1)C(=O)Nc1ccc(Cl)cc1. The smallest absolute Gasteiger partial charge is 0.266 e. The van der Waals surface area contributed by atoms with Crippen molar-refractivity contribution in [1.29, 1.82) is 5.26 Å². The lowest BCUT2D eigenvalue weighted by atomic mass is 10.1. The van der Waals surface area contributed by atoms with Crippen LogP contribution in [0.4, 0.5) is 5.69 Å². The van der Waals surface area contributed by atoms with Gasteiger partial charge in [0.1, 0.15) is 24.0 Å². The number of anilines is 1. The second-order valence-electron chi connectivity index (χ2n) is 6.12. The average molecular weight is 468 g/mol. The Labute approximate surface area is 182 Å². The van der Waals surface area contributed by atoms with Crippen molar-refractivity contribution in [3.8, 4) is 11.8 Å². The van der Waals surface area contributed by atoms with Gasteiger partial charge in [-0.1, -0.05) is 51.8 Å². The zero-order chi connectivity index (χ0) is 20.6. The first-order valence-corrected chi connectivity index (χ1v) is 9.86. The molecular formula is C23H16BrClN2O2. The Balaban J connectivity index is 1.69. The van der Waals surface area contributed by atoms with Crippen molar-refractivity contribution in [3.05, 3.63) is 99.0 Å². The van der Waals surface area contributed by atoms with E-state index >= 15 is 0 Å². The maximum atomic E-state index is 12.4. The standard InChI is InChI=1S/C23H16BrClN2O2/c24-19-6-4-16(5-7-19)15-29-22-3-1-2-17(13-22)12-18(14-26)23(28)27-21-10-8-20(25)9-11-21/h1-13H,15H2,(H,27,28)/b18-12+. The van der Waals surface area contributed by atoms with Crippen LogP contribution in [0.25, 0.3) is 6.08 Å². The number of nitriles is 1. The molecule has 0 aliphatic heterocycles. The molecule has 144 valence electrons. The highest BCUT2D eigenvalue weighted by Gasteiger charge is 2.10. The van der Waals surface area contributed by atoms with Crippen molar-refractivity contribution in [2.45, 2.75) is 6.61 Å². The van der Waals surface area contributed by atoms with E-state index < -0.39 is 5.91 Å². The first-order valence-electron chi connectivity index (χ1n) is 8.69. The quantitative estimate of drug-likeness (QED) is 0.345. The zero-order valence-electron chi connectivity index (χ0n) is 15.2. The Hall–Kier alpha value is -3.07. The highest BCUT2D eigenvalue weighted by atomic mass is 79.9. The molecule has 3 rings (SSSR count). The van der Waals surface area contributed by atoms with Crippen LogP contribution in [-0.4, -0.2) is 5.91 Å². The number of nitrogens with zero attached hydrogens (tertiary/aromatic N) is 1. The highest BCUT2D eigenvalue weighted by Crippen LogP contribution is 2.19. The van der Waals surface area contributed by atoms with Gasteiger partial charge in [-0.15, -0.1) is 0 Å². The Kier molecular flexibility index (Phi) is 7.07. The normalized spacial score (nSPS) is 10.9. The third-order valence-corrected chi connectivity index (χ3v) is 4.74. The summed E-state index contributed by atoms with van der Waals surface area (Å²) in [7, 11) is 0. The highest BCUT2D eigenvalue weighted by molar-refractivity contribution is 9.10. The second kappa shape index (κ2) is 9.92. The number of carbonyl (C=O) groups excluding carboxylic acids is 1. The van der Waals surface area contributed by atoms with Gasteiger partial charge in [-0.3, -0.25) is 4.79 Å². The molecule has 0 aromatic heterocycles. The fourth-order valence-corrected chi connectivity index (χ4v) is 2.88. The van der Waals surface area contributed by atoms with Crippen molar-refractivity contribution in [2.24, 2.45) is 0 Å². The number of amides is 1. The summed E-state index contributed by atoms with van der Waals surface area (Å²) in [5, 5.41) is 12.6. The van der Waals surface area contributed by atoms with Crippen LogP contribution in [0.3, 0.4) is 0 Å². The Morgan fingerprint density at radius 2 is 1.83 bits per heavy atom. The number of benzene rings is 3. The van der Waals surface area contributed by atoms with Crippen molar-refractivity contribution < 1.29 is 9.53 Å². The van der Waals surface area contributed by atoms with Gasteiger partial charge in [0.25, 0.3) is 5.91 Å². The van der Waals surface area contributed by atoms with Gasteiger partial charge in [0.05, 0.1) is 0 Å². The number of ether oxygens (including phenoxy) is 1. The van der Waals surface area contributed by atoms with Crippen LogP contribution in [0.1, 0.15) is 11.1 Å². The molecule has 0 unspecified atom stereocenters. The van der Waals surface area contributed by atoms with E-state index in [-0.39, 0.29) is 5.57 Å². The fourth-order valence-electron chi connectivity index (χ4n) is 2.49. The lowest BCUT2D eigenvalue weighted by Gasteiger charge is -2.08. The molecule has 0 atom stereocenters. The lowest BCUT2D eigenvalue weighted by Crippen LogP contribution is -2.13. The number of carbonyl (C=O) groups is 1. The van der Waals surface area contributed by atoms with Crippen molar-refractivity contribution >= 4 is 45.2 Å². The largest absolute Gasteiger partial charge is 0.489 e. The van der Waals surface area contributed by atoms with Crippen LogP contribution in [0.2, 0.25) is 5.02 Å². The topological polar surface area (TPSA) is 62.1 Å². The molecule has 29 heavy (non-hydrogen) atoms. The molecule has 0 spiro atoms. The monoisotopic (exact) mass is 466 g/mol. The average Bonchev–Trinajstić information content (AvgIpc) is 2.73. The third-order valence-electron chi connectivity index (χ3n) is 3.96. The summed E-state index contributed by atoms with van der Waals surface area (Å²) in [6.07, 6.45) is 1.53. The van der Waals surface area contributed by atoms with Gasteiger partial charge in [0.2, 0.25) is 0 Å². The zero-order valence-corrected chi connectivity index (χ0v) is 17.6. The third kappa shape index (κ3) is 6.21. The van der Waals surface area contributed by atoms with Gasteiger partial charge in [0, 0.05) is 15.2 Å². The summed E-state index contributed by atoms with van der Waals surface area (Å²) >= 11 is 9.25. The number of hydrogen-bond acceptors (Lipinski definition) is 3. The molecule has 0 aliphatic carbocycles. The minimum absolute atomic E-state index is 0.00925. The van der Waals surface area contributed by atoms with Crippen LogP contribution in [-0.2, 0) is 11.4 Å². The minimum atomic E-state index is -0.490. The fraction of sp³-hybridized carbons (Fsp3) is 0.0435. The maximum Gasteiger partial charge on any atom is 0.266 e. The van der Waals surface area contributed by atoms with Crippen LogP contribution in [0, 0.1) is 11.3 Å². The lowest BCUT2D eigenvalue weighted by molar-refractivity contribution is -0.112. The maximum absolute atomic E-state index is 12.4. The van der Waals surface area contributed by atoms with Gasteiger partial charge in [-0.25, -0.2) is 0 Å². The molecule has 0 saturated heterocycles. The Morgan fingerprint density at radius 3 is 2.52 bits per heavy atom. The number of hydrogen-bond donors (Lipinski definition) is 1. The van der Waals surface area contributed by atoms with E-state index in [2.05, 4.69) is 21.2 Å². The van der Waals surface area contributed by atoms with Crippen molar-refractivity contribution in [1.82, 2.24) is 0 Å². The Morgan fingerprint density at radius 1 is 1.10 bits per heavy atom. The summed E-state index contributed by atoms with van der Waals surface area (Å²) in [5.74, 6) is 0.160. The molecule has 3 aromatic rings. The van der Waals surface area contributed by atoms with E-state index in [1.54, 1.807) is 36.4 Å². The summed E-state index contributed by atoms with van der Waals surface area (Å²) in [4.78, 5) is 12.4. The summed E-state index contributed by atoms with van der Waals surface area (Å²) in [6.45, 7) is 0.419. The molecule has 3 aromatic carbocycles. The van der Waals surface area contributed by atoms with Gasteiger partial charge >= 0.3 is 0 Å². The predicted octanol–water partition coefficient (Wildman–Crippen LogP) is 6.23. The van der Waals surface area contributed by atoms with Crippen LogP contribution in [0.5, 0.6) is 5.75 Å². The molecular weight excluding hydrogens is 452 g/mol. The minimum Gasteiger partial charge on any atom is -0.489 e. The van der Waals surface area contributed by atoms with Gasteiger partial charge in [0.15, 0.2) is 0 Å². The van der Waals surface area contributed by atoms with Gasteiger partial charge in [-0.05, 0) is 65.7 Å². The Bertz CT molecular complexity index is 1070. The molecule has 1 N–H and O–H groups in total. The summed E-state index contributed by atoms with van der Waals surface area (Å²) in [5.41, 5.74) is 2.28. The number of halogens is 2. The predicted molar refractivity (Wildman–Crippen MR) is 119 cm³/mol. The van der Waals surface area contributed by atoms with Crippen molar-refractivity contribution in [2.75, 3.05) is 5.32 Å². The van der Waals surface area contributed by atoms with E-state index in [0.717, 1.165) is 10.0 Å². The molecule has 0 aliphatic rings. The molecule has 1 amide bonds. The molecule has 0 bridgehead atoms. The van der Waals surface area contributed by atoms with E-state index in [4.69, 9.17) is 16.3 Å². The number of rotatable bonds is 6. The molecule has 0 radical (unpaired) electrons.